The molecule has 3 heteroatoms. The molecule has 0 amide bonds. The lowest BCUT2D eigenvalue weighted by atomic mass is 10.3. The van der Waals surface area contributed by atoms with Gasteiger partial charge in [-0.15, -0.1) is 0 Å². The van der Waals surface area contributed by atoms with Crippen LogP contribution in [0.25, 0.3) is 0 Å². The van der Waals surface area contributed by atoms with Crippen molar-refractivity contribution in [3.8, 4) is 0 Å². The molecule has 74 valence electrons. The Kier molecular flexibility index (Phi) is 2.45. The number of thiocarbonyl (C=S) groups is 1. The van der Waals surface area contributed by atoms with Crippen LogP contribution in [-0.2, 0) is 0 Å². The van der Waals surface area contributed by atoms with Gasteiger partial charge in [-0.05, 0) is 43.3 Å². The van der Waals surface area contributed by atoms with E-state index >= 15 is 0 Å². The first-order valence-electron chi connectivity index (χ1n) is 5.18. The fraction of sp³-hybridized carbons (Fsp3) is 0.900. The van der Waals surface area contributed by atoms with E-state index in [9.17, 15) is 0 Å². The molecule has 2 unspecified atom stereocenters. The van der Waals surface area contributed by atoms with Crippen LogP contribution in [0.5, 0.6) is 0 Å². The fourth-order valence-corrected chi connectivity index (χ4v) is 1.84. The number of rotatable bonds is 3. The third-order valence-electron chi connectivity index (χ3n) is 3.04. The average Bonchev–Trinajstić information content (AvgIpc) is 2.93. The van der Waals surface area contributed by atoms with Crippen LogP contribution in [0.2, 0.25) is 0 Å². The molecule has 0 saturated heterocycles. The molecule has 0 aromatic rings. The highest BCUT2D eigenvalue weighted by Gasteiger charge is 2.34. The molecule has 0 bridgehead atoms. The van der Waals surface area contributed by atoms with Crippen molar-refractivity contribution in [2.24, 2.45) is 11.8 Å². The van der Waals surface area contributed by atoms with Crippen LogP contribution < -0.4 is 5.32 Å². The summed E-state index contributed by atoms with van der Waals surface area (Å²) in [5.74, 6) is 1.81. The molecule has 2 rings (SSSR count). The molecule has 0 aromatic heterocycles. The van der Waals surface area contributed by atoms with Crippen molar-refractivity contribution in [3.63, 3.8) is 0 Å². The maximum Gasteiger partial charge on any atom is 0.168 e. The van der Waals surface area contributed by atoms with Gasteiger partial charge in [-0.3, -0.25) is 0 Å². The summed E-state index contributed by atoms with van der Waals surface area (Å²) in [4.78, 5) is 2.20. The summed E-state index contributed by atoms with van der Waals surface area (Å²) >= 11 is 5.29. The maximum atomic E-state index is 5.29. The molecule has 1 N–H and O–H groups in total. The molecular formula is C10H18N2S. The maximum absolute atomic E-state index is 5.29. The second-order valence-electron chi connectivity index (χ2n) is 4.58. The Morgan fingerprint density at radius 3 is 2.62 bits per heavy atom. The summed E-state index contributed by atoms with van der Waals surface area (Å²) in [5.41, 5.74) is 0. The Balaban J connectivity index is 1.68. The fourth-order valence-electron chi connectivity index (χ4n) is 1.60. The van der Waals surface area contributed by atoms with Gasteiger partial charge in [0.05, 0.1) is 0 Å². The van der Waals surface area contributed by atoms with E-state index in [1.165, 1.54) is 19.3 Å². The van der Waals surface area contributed by atoms with Gasteiger partial charge in [-0.2, -0.15) is 0 Å². The summed E-state index contributed by atoms with van der Waals surface area (Å²) in [6, 6.07) is 0.687. The molecule has 0 spiro atoms. The first-order valence-corrected chi connectivity index (χ1v) is 5.59. The van der Waals surface area contributed by atoms with Crippen molar-refractivity contribution >= 4 is 17.3 Å². The van der Waals surface area contributed by atoms with Crippen molar-refractivity contribution in [3.05, 3.63) is 0 Å². The van der Waals surface area contributed by atoms with E-state index in [1.54, 1.807) is 0 Å². The first-order chi connectivity index (χ1) is 6.16. The highest BCUT2D eigenvalue weighted by atomic mass is 32.1. The van der Waals surface area contributed by atoms with E-state index in [-0.39, 0.29) is 0 Å². The number of hydrogen-bond acceptors (Lipinski definition) is 1. The summed E-state index contributed by atoms with van der Waals surface area (Å²) in [6.07, 6.45) is 3.98. The zero-order chi connectivity index (χ0) is 9.42. The Morgan fingerprint density at radius 2 is 2.15 bits per heavy atom. The Morgan fingerprint density at radius 1 is 1.54 bits per heavy atom. The highest BCUT2D eigenvalue weighted by Crippen LogP contribution is 2.37. The molecular weight excluding hydrogens is 180 g/mol. The molecule has 2 atom stereocenters. The van der Waals surface area contributed by atoms with Crippen LogP contribution in [-0.4, -0.2) is 29.6 Å². The number of nitrogens with one attached hydrogen (secondary N) is 1. The van der Waals surface area contributed by atoms with Crippen LogP contribution in [0.3, 0.4) is 0 Å². The van der Waals surface area contributed by atoms with E-state index < -0.39 is 0 Å². The molecule has 2 nitrogen and oxygen atoms in total. The predicted octanol–water partition coefficient (Wildman–Crippen LogP) is 1.61. The van der Waals surface area contributed by atoms with Crippen LogP contribution in [0, 0.1) is 11.8 Å². The normalized spacial score (nSPS) is 31.2. The second-order valence-corrected chi connectivity index (χ2v) is 4.96. The quantitative estimate of drug-likeness (QED) is 0.694. The molecule has 2 aliphatic rings. The molecule has 2 fully saturated rings. The van der Waals surface area contributed by atoms with E-state index in [0.717, 1.165) is 23.5 Å². The lowest BCUT2D eigenvalue weighted by Gasteiger charge is -2.20. The standard InChI is InChI=1S/C10H18N2S/c1-7-5-8(7)6-12(2)10(13)11-9-3-4-9/h7-9H,3-6H2,1-2H3,(H,11,13). The summed E-state index contributed by atoms with van der Waals surface area (Å²) in [6.45, 7) is 3.45. The largest absolute Gasteiger partial charge is 0.360 e. The van der Waals surface area contributed by atoms with Gasteiger partial charge in [-0.1, -0.05) is 6.92 Å². The van der Waals surface area contributed by atoms with Gasteiger partial charge in [0.2, 0.25) is 0 Å². The van der Waals surface area contributed by atoms with Crippen LogP contribution in [0.1, 0.15) is 26.2 Å². The lowest BCUT2D eigenvalue weighted by molar-refractivity contribution is 0.454. The van der Waals surface area contributed by atoms with Crippen molar-refractivity contribution in [2.45, 2.75) is 32.2 Å². The molecule has 13 heavy (non-hydrogen) atoms. The molecule has 0 radical (unpaired) electrons. The Labute approximate surface area is 85.7 Å². The molecule has 2 aliphatic carbocycles. The van der Waals surface area contributed by atoms with E-state index in [1.807, 2.05) is 0 Å². The minimum Gasteiger partial charge on any atom is -0.360 e. The van der Waals surface area contributed by atoms with Crippen LogP contribution >= 0.6 is 12.2 Å². The van der Waals surface area contributed by atoms with Crippen LogP contribution in [0.4, 0.5) is 0 Å². The first kappa shape index (κ1) is 9.25. The van der Waals surface area contributed by atoms with Crippen LogP contribution in [0.15, 0.2) is 0 Å². The minimum absolute atomic E-state index is 0.687. The predicted molar refractivity (Wildman–Crippen MR) is 58.7 cm³/mol. The third-order valence-corrected chi connectivity index (χ3v) is 3.47. The molecule has 0 heterocycles. The topological polar surface area (TPSA) is 15.3 Å². The zero-order valence-electron chi connectivity index (χ0n) is 8.42. The Hall–Kier alpha value is -0.310. The van der Waals surface area contributed by atoms with Gasteiger partial charge in [0.1, 0.15) is 0 Å². The second kappa shape index (κ2) is 3.45. The van der Waals surface area contributed by atoms with Crippen molar-refractivity contribution in [1.29, 1.82) is 0 Å². The van der Waals surface area contributed by atoms with Crippen molar-refractivity contribution < 1.29 is 0 Å². The van der Waals surface area contributed by atoms with Gasteiger partial charge in [0.25, 0.3) is 0 Å². The van der Waals surface area contributed by atoms with Gasteiger partial charge >= 0.3 is 0 Å². The van der Waals surface area contributed by atoms with Crippen molar-refractivity contribution in [2.75, 3.05) is 13.6 Å². The highest BCUT2D eigenvalue weighted by molar-refractivity contribution is 7.80. The van der Waals surface area contributed by atoms with E-state index in [4.69, 9.17) is 12.2 Å². The smallest absolute Gasteiger partial charge is 0.168 e. The van der Waals surface area contributed by atoms with E-state index in [2.05, 4.69) is 24.2 Å². The average molecular weight is 198 g/mol. The van der Waals surface area contributed by atoms with Crippen molar-refractivity contribution in [1.82, 2.24) is 10.2 Å². The minimum atomic E-state index is 0.687. The SMILES string of the molecule is CC1CC1CN(C)C(=S)NC1CC1. The van der Waals surface area contributed by atoms with Gasteiger partial charge in [0, 0.05) is 19.6 Å². The summed E-state index contributed by atoms with van der Waals surface area (Å²) in [5, 5.41) is 4.30. The molecule has 2 saturated carbocycles. The summed E-state index contributed by atoms with van der Waals surface area (Å²) in [7, 11) is 2.10. The van der Waals surface area contributed by atoms with Gasteiger partial charge in [0.15, 0.2) is 5.11 Å². The molecule has 0 aliphatic heterocycles. The van der Waals surface area contributed by atoms with Gasteiger partial charge < -0.3 is 10.2 Å². The molecule has 0 aromatic carbocycles. The zero-order valence-corrected chi connectivity index (χ0v) is 9.23. The summed E-state index contributed by atoms with van der Waals surface area (Å²) < 4.78 is 0. The lowest BCUT2D eigenvalue weighted by Crippen LogP contribution is -2.39. The number of hydrogen-bond donors (Lipinski definition) is 1. The monoisotopic (exact) mass is 198 g/mol. The third kappa shape index (κ3) is 2.56. The Bertz CT molecular complexity index is 213. The van der Waals surface area contributed by atoms with Gasteiger partial charge in [-0.25, -0.2) is 0 Å². The number of nitrogens with zero attached hydrogens (tertiary/aromatic N) is 1. The van der Waals surface area contributed by atoms with E-state index in [0.29, 0.717) is 6.04 Å².